The third kappa shape index (κ3) is 4.20. The van der Waals surface area contributed by atoms with Crippen LogP contribution in [0.4, 0.5) is 0 Å². The minimum atomic E-state index is -1.29. The molecular weight excluding hydrogens is 454 g/mol. The maximum Gasteiger partial charge on any atom is 0.312 e. The molecule has 10 nitrogen and oxygen atoms in total. The third-order valence-electron chi connectivity index (χ3n) is 7.90. The predicted octanol–water partition coefficient (Wildman–Crippen LogP) is -0.428. The number of carbonyl (C=O) groups is 3. The number of hydrogen-bond acceptors (Lipinski definition) is 8. The average Bonchev–Trinajstić information content (AvgIpc) is 3.29. The van der Waals surface area contributed by atoms with Crippen molar-refractivity contribution in [3.8, 4) is 0 Å². The molecule has 35 heavy (non-hydrogen) atoms. The van der Waals surface area contributed by atoms with Gasteiger partial charge < -0.3 is 29.1 Å². The first-order valence-electron chi connectivity index (χ1n) is 12.7. The van der Waals surface area contributed by atoms with Crippen molar-refractivity contribution in [3.05, 3.63) is 24.3 Å². The number of aliphatic hydroxyl groups excluding tert-OH is 1. The zero-order chi connectivity index (χ0) is 24.6. The zero-order valence-corrected chi connectivity index (χ0v) is 20.2. The van der Waals surface area contributed by atoms with E-state index in [1.54, 1.807) is 11.8 Å². The van der Waals surface area contributed by atoms with E-state index in [2.05, 4.69) is 4.90 Å². The second kappa shape index (κ2) is 10.0. The molecule has 0 bridgehead atoms. The Kier molecular flexibility index (Phi) is 6.98. The first-order valence-corrected chi connectivity index (χ1v) is 12.7. The number of likely N-dealkylation sites (tertiary alicyclic amines) is 1. The molecule has 0 radical (unpaired) electrons. The number of fused-ring (bicyclic) bond motifs is 2. The van der Waals surface area contributed by atoms with Gasteiger partial charge in [-0.25, -0.2) is 0 Å². The van der Waals surface area contributed by atoms with Gasteiger partial charge in [-0.2, -0.15) is 0 Å². The van der Waals surface area contributed by atoms with Gasteiger partial charge in [0.2, 0.25) is 11.8 Å². The highest BCUT2D eigenvalue weighted by atomic mass is 16.6. The maximum absolute atomic E-state index is 14.0. The van der Waals surface area contributed by atoms with Crippen LogP contribution in [0.1, 0.15) is 19.8 Å². The SMILES string of the molecule is C[C@H](CO)N1C(=O)[C@@H]2[C@H]3C(=O)OCCC/C=C\[C@H]3O[C@@]23C=CCN(CCN2CCOCC2)C(=O)C13. The van der Waals surface area contributed by atoms with E-state index in [9.17, 15) is 19.5 Å². The summed E-state index contributed by atoms with van der Waals surface area (Å²) in [7, 11) is 0. The van der Waals surface area contributed by atoms with Crippen LogP contribution < -0.4 is 0 Å². The number of rotatable bonds is 5. The van der Waals surface area contributed by atoms with Gasteiger partial charge in [0.15, 0.2) is 0 Å². The molecule has 3 fully saturated rings. The summed E-state index contributed by atoms with van der Waals surface area (Å²) in [5.74, 6) is -2.76. The average molecular weight is 490 g/mol. The number of ether oxygens (including phenoxy) is 3. The topological polar surface area (TPSA) is 109 Å². The molecule has 192 valence electrons. The fourth-order valence-corrected chi connectivity index (χ4v) is 6.09. The number of aliphatic hydroxyl groups is 1. The summed E-state index contributed by atoms with van der Waals surface area (Å²) >= 11 is 0. The Morgan fingerprint density at radius 1 is 1.11 bits per heavy atom. The van der Waals surface area contributed by atoms with Crippen molar-refractivity contribution in [1.82, 2.24) is 14.7 Å². The Labute approximate surface area is 205 Å². The highest BCUT2D eigenvalue weighted by Crippen LogP contribution is 2.53. The third-order valence-corrected chi connectivity index (χ3v) is 7.90. The highest BCUT2D eigenvalue weighted by Gasteiger charge is 2.72. The summed E-state index contributed by atoms with van der Waals surface area (Å²) in [6.07, 6.45) is 8.29. The minimum Gasteiger partial charge on any atom is -0.465 e. The Bertz CT molecular complexity index is 901. The van der Waals surface area contributed by atoms with Gasteiger partial charge in [-0.1, -0.05) is 24.3 Å². The van der Waals surface area contributed by atoms with Crippen LogP contribution in [-0.4, -0.2) is 121 Å². The van der Waals surface area contributed by atoms with Gasteiger partial charge >= 0.3 is 5.97 Å². The maximum atomic E-state index is 14.0. The molecule has 5 aliphatic rings. The van der Waals surface area contributed by atoms with Gasteiger partial charge in [0.25, 0.3) is 0 Å². The number of hydrogen-bond donors (Lipinski definition) is 1. The molecular formula is C25H35N3O7. The molecule has 1 unspecified atom stereocenters. The lowest BCUT2D eigenvalue weighted by Gasteiger charge is -2.38. The van der Waals surface area contributed by atoms with E-state index in [0.29, 0.717) is 39.3 Å². The van der Waals surface area contributed by atoms with E-state index in [1.807, 2.05) is 24.3 Å². The van der Waals surface area contributed by atoms with E-state index in [1.165, 1.54) is 4.90 Å². The number of amides is 2. The summed E-state index contributed by atoms with van der Waals surface area (Å²) in [5.41, 5.74) is -1.29. The Morgan fingerprint density at radius 3 is 2.69 bits per heavy atom. The van der Waals surface area contributed by atoms with Crippen LogP contribution in [0.15, 0.2) is 24.3 Å². The summed E-state index contributed by atoms with van der Waals surface area (Å²) in [6, 6.07) is -1.56. The fourth-order valence-electron chi connectivity index (χ4n) is 6.09. The monoisotopic (exact) mass is 489 g/mol. The molecule has 3 saturated heterocycles. The van der Waals surface area contributed by atoms with Gasteiger partial charge in [-0.05, 0) is 19.8 Å². The standard InChI is InChI=1S/C25H35N3O7/c1-17(16-29)28-21-23(31)27(10-9-26-11-14-33-15-12-26)8-5-7-25(21)20(22(28)30)19-18(35-25)6-3-2-4-13-34-24(19)32/h3,5-7,17-21,29H,2,4,8-16H2,1H3/b6-3-/t17-,18-,19+,20+,21?,25+/m1/s1. The van der Waals surface area contributed by atoms with Crippen LogP contribution in [0.3, 0.4) is 0 Å². The second-order valence-corrected chi connectivity index (χ2v) is 10.00. The first-order chi connectivity index (χ1) is 17.0. The number of allylic oxidation sites excluding steroid dienone is 1. The van der Waals surface area contributed by atoms with E-state index in [4.69, 9.17) is 14.2 Å². The van der Waals surface area contributed by atoms with Crippen molar-refractivity contribution in [2.45, 2.75) is 43.6 Å². The van der Waals surface area contributed by atoms with E-state index < -0.39 is 41.6 Å². The molecule has 0 aromatic rings. The van der Waals surface area contributed by atoms with Crippen LogP contribution in [0.2, 0.25) is 0 Å². The Balaban J connectivity index is 1.49. The lowest BCUT2D eigenvalue weighted by molar-refractivity contribution is -0.156. The summed E-state index contributed by atoms with van der Waals surface area (Å²) in [5, 5.41) is 9.97. The summed E-state index contributed by atoms with van der Waals surface area (Å²) < 4.78 is 17.5. The van der Waals surface area contributed by atoms with E-state index >= 15 is 0 Å². The van der Waals surface area contributed by atoms with Crippen LogP contribution >= 0.6 is 0 Å². The van der Waals surface area contributed by atoms with Crippen LogP contribution in [-0.2, 0) is 28.6 Å². The quantitative estimate of drug-likeness (QED) is 0.410. The van der Waals surface area contributed by atoms with E-state index in [0.717, 1.165) is 19.5 Å². The highest BCUT2D eigenvalue weighted by molar-refractivity contribution is 5.99. The van der Waals surface area contributed by atoms with E-state index in [-0.39, 0.29) is 25.0 Å². The first kappa shape index (κ1) is 24.4. The van der Waals surface area contributed by atoms with Crippen molar-refractivity contribution >= 4 is 17.8 Å². The molecule has 5 heterocycles. The van der Waals surface area contributed by atoms with Gasteiger partial charge in [0, 0.05) is 32.7 Å². The number of nitrogens with zero attached hydrogens (tertiary/aromatic N) is 3. The molecule has 6 atom stereocenters. The molecule has 5 rings (SSSR count). The van der Waals surface area contributed by atoms with Crippen molar-refractivity contribution in [2.75, 3.05) is 59.2 Å². The zero-order valence-electron chi connectivity index (χ0n) is 20.2. The Morgan fingerprint density at radius 2 is 1.91 bits per heavy atom. The molecule has 1 spiro atoms. The molecule has 0 aromatic heterocycles. The van der Waals surface area contributed by atoms with Gasteiger partial charge in [-0.15, -0.1) is 0 Å². The number of cyclic esters (lactones) is 1. The second-order valence-electron chi connectivity index (χ2n) is 10.00. The largest absolute Gasteiger partial charge is 0.465 e. The molecule has 2 amide bonds. The van der Waals surface area contributed by atoms with Crippen molar-refractivity contribution in [1.29, 1.82) is 0 Å². The molecule has 0 aromatic carbocycles. The van der Waals surface area contributed by atoms with Gasteiger partial charge in [0.05, 0.1) is 44.5 Å². The van der Waals surface area contributed by atoms with Crippen molar-refractivity contribution < 1.29 is 33.7 Å². The lowest BCUT2D eigenvalue weighted by Crippen LogP contribution is -2.58. The molecule has 10 heteroatoms. The fraction of sp³-hybridized carbons (Fsp3) is 0.720. The van der Waals surface area contributed by atoms with Crippen molar-refractivity contribution in [2.24, 2.45) is 11.8 Å². The smallest absolute Gasteiger partial charge is 0.312 e. The normalized spacial score (nSPS) is 37.5. The summed E-state index contributed by atoms with van der Waals surface area (Å²) in [4.78, 5) is 46.5. The number of carbonyl (C=O) groups excluding carboxylic acids is 3. The molecule has 5 aliphatic heterocycles. The molecule has 0 aliphatic carbocycles. The lowest BCUT2D eigenvalue weighted by atomic mass is 9.78. The Hall–Kier alpha value is -2.27. The number of esters is 1. The summed E-state index contributed by atoms with van der Waals surface area (Å²) in [6.45, 7) is 6.30. The molecule has 0 saturated carbocycles. The van der Waals surface area contributed by atoms with Gasteiger partial charge in [0.1, 0.15) is 17.6 Å². The molecule has 1 N–H and O–H groups in total. The van der Waals surface area contributed by atoms with Gasteiger partial charge in [-0.3, -0.25) is 19.3 Å². The number of morpholine rings is 1. The van der Waals surface area contributed by atoms with Crippen LogP contribution in [0.5, 0.6) is 0 Å². The minimum absolute atomic E-state index is 0.219. The van der Waals surface area contributed by atoms with Crippen LogP contribution in [0, 0.1) is 11.8 Å². The predicted molar refractivity (Wildman–Crippen MR) is 124 cm³/mol. The van der Waals surface area contributed by atoms with Crippen molar-refractivity contribution in [3.63, 3.8) is 0 Å². The van der Waals surface area contributed by atoms with Crippen LogP contribution in [0.25, 0.3) is 0 Å².